The Bertz CT molecular complexity index is 1000. The molecule has 0 bridgehead atoms. The maximum Gasteiger partial charge on any atom is 0.293 e. The van der Waals surface area contributed by atoms with Crippen LogP contribution in [-0.2, 0) is 10.0 Å². The molecule has 2 aromatic rings. The number of sulfonamides is 1. The Labute approximate surface area is 170 Å². The van der Waals surface area contributed by atoms with Crippen molar-refractivity contribution >= 4 is 21.4 Å². The van der Waals surface area contributed by atoms with E-state index >= 15 is 0 Å². The van der Waals surface area contributed by atoms with E-state index in [9.17, 15) is 23.6 Å². The first-order valence-corrected chi connectivity index (χ1v) is 11.0. The van der Waals surface area contributed by atoms with Crippen molar-refractivity contribution in [1.29, 1.82) is 0 Å². The summed E-state index contributed by atoms with van der Waals surface area (Å²) in [5.74, 6) is 0.548. The Morgan fingerprint density at radius 1 is 1.21 bits per heavy atom. The number of rotatable bonds is 6. The van der Waals surface area contributed by atoms with Crippen molar-refractivity contribution in [2.45, 2.75) is 37.6 Å². The van der Waals surface area contributed by atoms with E-state index in [4.69, 9.17) is 0 Å². The molecule has 2 N–H and O–H groups in total. The number of piperidine rings is 1. The van der Waals surface area contributed by atoms with Gasteiger partial charge in [-0.2, -0.15) is 4.31 Å². The maximum atomic E-state index is 12.9. The van der Waals surface area contributed by atoms with Crippen LogP contribution in [0.4, 0.5) is 11.4 Å². The van der Waals surface area contributed by atoms with Gasteiger partial charge in [0.2, 0.25) is 10.0 Å². The van der Waals surface area contributed by atoms with Crippen molar-refractivity contribution < 1.29 is 18.4 Å². The lowest BCUT2D eigenvalue weighted by Crippen LogP contribution is -2.37. The summed E-state index contributed by atoms with van der Waals surface area (Å²) in [6, 6.07) is 10.2. The van der Waals surface area contributed by atoms with E-state index in [1.807, 2.05) is 0 Å². The molecule has 1 fully saturated rings. The standard InChI is InChI=1S/C20H25N3O5S/c1-14-9-11-22(12-10-14)29(27,28)16-7-8-18(19(13-16)23(25)26)21-15(2)17-5-3-4-6-20(17)24/h3-8,13-15,21,24H,9-12H2,1-2H3. The van der Waals surface area contributed by atoms with E-state index in [-0.39, 0.29) is 22.0 Å². The van der Waals surface area contributed by atoms with E-state index in [0.717, 1.165) is 18.9 Å². The van der Waals surface area contributed by atoms with Crippen LogP contribution in [-0.4, -0.2) is 35.8 Å². The number of hydrogen-bond acceptors (Lipinski definition) is 6. The zero-order chi connectivity index (χ0) is 21.2. The molecule has 3 rings (SSSR count). The summed E-state index contributed by atoms with van der Waals surface area (Å²) in [7, 11) is -3.78. The second-order valence-electron chi connectivity index (χ2n) is 7.45. The Balaban J connectivity index is 1.89. The topological polar surface area (TPSA) is 113 Å². The third kappa shape index (κ3) is 4.51. The Hall–Kier alpha value is -2.65. The highest BCUT2D eigenvalue weighted by Crippen LogP contribution is 2.34. The lowest BCUT2D eigenvalue weighted by atomic mass is 10.0. The van der Waals surface area contributed by atoms with Crippen molar-refractivity contribution in [2.24, 2.45) is 5.92 Å². The van der Waals surface area contributed by atoms with Crippen LogP contribution in [0, 0.1) is 16.0 Å². The maximum absolute atomic E-state index is 12.9. The third-order valence-corrected chi connectivity index (χ3v) is 7.22. The molecule has 9 heteroatoms. The minimum absolute atomic E-state index is 0.0775. The molecular formula is C20H25N3O5S. The second kappa shape index (κ2) is 8.38. The first-order valence-electron chi connectivity index (χ1n) is 9.53. The third-order valence-electron chi connectivity index (χ3n) is 5.32. The smallest absolute Gasteiger partial charge is 0.293 e. The van der Waals surface area contributed by atoms with E-state index in [1.165, 1.54) is 22.5 Å². The number of benzene rings is 2. The zero-order valence-corrected chi connectivity index (χ0v) is 17.2. The van der Waals surface area contributed by atoms with Crippen LogP contribution in [0.2, 0.25) is 0 Å². The van der Waals surface area contributed by atoms with Crippen LogP contribution in [0.25, 0.3) is 0 Å². The lowest BCUT2D eigenvalue weighted by molar-refractivity contribution is -0.384. The molecular weight excluding hydrogens is 394 g/mol. The van der Waals surface area contributed by atoms with Crippen molar-refractivity contribution in [3.63, 3.8) is 0 Å². The van der Waals surface area contributed by atoms with Crippen LogP contribution < -0.4 is 5.32 Å². The van der Waals surface area contributed by atoms with Gasteiger partial charge in [-0.15, -0.1) is 0 Å². The summed E-state index contributed by atoms with van der Waals surface area (Å²) in [6.45, 7) is 4.68. The molecule has 1 aliphatic rings. The van der Waals surface area contributed by atoms with Crippen molar-refractivity contribution in [3.8, 4) is 5.75 Å². The molecule has 1 heterocycles. The van der Waals surface area contributed by atoms with Crippen molar-refractivity contribution in [3.05, 3.63) is 58.1 Å². The van der Waals surface area contributed by atoms with Gasteiger partial charge in [-0.3, -0.25) is 10.1 Å². The van der Waals surface area contributed by atoms with Crippen LogP contribution in [0.15, 0.2) is 47.4 Å². The molecule has 0 aromatic heterocycles. The number of nitrogens with one attached hydrogen (secondary N) is 1. The predicted octanol–water partition coefficient (Wildman–Crippen LogP) is 3.89. The molecule has 1 saturated heterocycles. The fourth-order valence-electron chi connectivity index (χ4n) is 3.48. The van der Waals surface area contributed by atoms with Gasteiger partial charge in [0.1, 0.15) is 11.4 Å². The molecule has 1 atom stereocenters. The lowest BCUT2D eigenvalue weighted by Gasteiger charge is -2.29. The van der Waals surface area contributed by atoms with Gasteiger partial charge in [-0.1, -0.05) is 25.1 Å². The summed E-state index contributed by atoms with van der Waals surface area (Å²) in [4.78, 5) is 10.9. The fourth-order valence-corrected chi connectivity index (χ4v) is 4.97. The summed E-state index contributed by atoms with van der Waals surface area (Å²) in [5.41, 5.74) is 0.455. The minimum Gasteiger partial charge on any atom is -0.508 e. The molecule has 156 valence electrons. The number of nitro groups is 1. The number of nitrogens with zero attached hydrogens (tertiary/aromatic N) is 2. The quantitative estimate of drug-likeness (QED) is 0.542. The van der Waals surface area contributed by atoms with E-state index in [2.05, 4.69) is 12.2 Å². The number of hydrogen-bond donors (Lipinski definition) is 2. The molecule has 1 unspecified atom stereocenters. The number of phenols is 1. The molecule has 0 radical (unpaired) electrons. The highest BCUT2D eigenvalue weighted by molar-refractivity contribution is 7.89. The normalized spacial score (nSPS) is 17.0. The number of nitro benzene ring substituents is 1. The molecule has 0 spiro atoms. The average Bonchev–Trinajstić information content (AvgIpc) is 2.68. The molecule has 8 nitrogen and oxygen atoms in total. The van der Waals surface area contributed by atoms with Gasteiger partial charge in [0.15, 0.2) is 0 Å². The SMILES string of the molecule is CC1CCN(S(=O)(=O)c2ccc(NC(C)c3ccccc3O)c([N+](=O)[O-])c2)CC1. The molecule has 29 heavy (non-hydrogen) atoms. The van der Waals surface area contributed by atoms with Gasteiger partial charge in [0.25, 0.3) is 5.69 Å². The van der Waals surface area contributed by atoms with Gasteiger partial charge in [-0.05, 0) is 43.9 Å². The van der Waals surface area contributed by atoms with Crippen LogP contribution in [0.3, 0.4) is 0 Å². The molecule has 2 aromatic carbocycles. The Morgan fingerprint density at radius 2 is 1.86 bits per heavy atom. The number of phenolic OH excluding ortho intramolecular Hbond substituents is 1. The zero-order valence-electron chi connectivity index (χ0n) is 16.4. The fraction of sp³-hybridized carbons (Fsp3) is 0.400. The van der Waals surface area contributed by atoms with E-state index < -0.39 is 21.0 Å². The largest absolute Gasteiger partial charge is 0.508 e. The first kappa shape index (κ1) is 21.1. The highest BCUT2D eigenvalue weighted by atomic mass is 32.2. The average molecular weight is 420 g/mol. The second-order valence-corrected chi connectivity index (χ2v) is 9.39. The van der Waals surface area contributed by atoms with Gasteiger partial charge in [-0.25, -0.2) is 8.42 Å². The van der Waals surface area contributed by atoms with Crippen molar-refractivity contribution in [1.82, 2.24) is 4.31 Å². The van der Waals surface area contributed by atoms with Gasteiger partial charge >= 0.3 is 0 Å². The van der Waals surface area contributed by atoms with Crippen molar-refractivity contribution in [2.75, 3.05) is 18.4 Å². The predicted molar refractivity (Wildman–Crippen MR) is 110 cm³/mol. The first-order chi connectivity index (χ1) is 13.7. The monoisotopic (exact) mass is 419 g/mol. The minimum atomic E-state index is -3.78. The summed E-state index contributed by atoms with van der Waals surface area (Å²) in [5, 5.41) is 24.6. The van der Waals surface area contributed by atoms with Gasteiger partial charge < -0.3 is 10.4 Å². The summed E-state index contributed by atoms with van der Waals surface area (Å²) >= 11 is 0. The highest BCUT2D eigenvalue weighted by Gasteiger charge is 2.30. The van der Waals surface area contributed by atoms with Crippen LogP contribution >= 0.6 is 0 Å². The molecule has 1 aliphatic heterocycles. The van der Waals surface area contributed by atoms with Gasteiger partial charge in [0.05, 0.1) is 15.9 Å². The number of para-hydroxylation sites is 1. The van der Waals surface area contributed by atoms with E-state index in [0.29, 0.717) is 24.6 Å². The Kier molecular flexibility index (Phi) is 6.09. The molecule has 0 aliphatic carbocycles. The number of anilines is 1. The van der Waals surface area contributed by atoms with Gasteiger partial charge in [0, 0.05) is 24.7 Å². The number of aromatic hydroxyl groups is 1. The molecule has 0 amide bonds. The summed E-state index contributed by atoms with van der Waals surface area (Å²) < 4.78 is 27.2. The summed E-state index contributed by atoms with van der Waals surface area (Å²) in [6.07, 6.45) is 1.55. The molecule has 0 saturated carbocycles. The van der Waals surface area contributed by atoms with Crippen LogP contribution in [0.1, 0.15) is 38.3 Å². The van der Waals surface area contributed by atoms with E-state index in [1.54, 1.807) is 25.1 Å². The van der Waals surface area contributed by atoms with Crippen LogP contribution in [0.5, 0.6) is 5.75 Å². The Morgan fingerprint density at radius 3 is 2.48 bits per heavy atom.